The molecule has 5 rings (SSSR count). The molecule has 192 valence electrons. The molecule has 0 aliphatic carbocycles. The fourth-order valence-corrected chi connectivity index (χ4v) is 4.60. The molecule has 0 fully saturated rings. The van der Waals surface area contributed by atoms with Crippen molar-refractivity contribution in [1.82, 2.24) is 10.7 Å². The molecule has 6 nitrogen and oxygen atoms in total. The zero-order valence-electron chi connectivity index (χ0n) is 21.8. The number of hydrogen-bond acceptors (Lipinski definition) is 6. The van der Waals surface area contributed by atoms with E-state index in [0.29, 0.717) is 5.96 Å². The lowest BCUT2D eigenvalue weighted by Crippen LogP contribution is -2.34. The van der Waals surface area contributed by atoms with Crippen molar-refractivity contribution in [2.75, 3.05) is 27.3 Å². The minimum atomic E-state index is 0.701. The first-order chi connectivity index (χ1) is 18.8. The highest BCUT2D eigenvalue weighted by Gasteiger charge is 2.06. The summed E-state index contributed by atoms with van der Waals surface area (Å²) in [5.74, 6) is 2.42. The molecule has 0 radical (unpaired) electrons. The van der Waals surface area contributed by atoms with Crippen molar-refractivity contribution in [3.8, 4) is 11.5 Å². The van der Waals surface area contributed by atoms with Crippen molar-refractivity contribution in [2.45, 2.75) is 12.8 Å². The lowest BCUT2D eigenvalue weighted by Gasteiger charge is -2.09. The van der Waals surface area contributed by atoms with Crippen molar-refractivity contribution >= 4 is 45.4 Å². The second-order valence-electron chi connectivity index (χ2n) is 8.98. The van der Waals surface area contributed by atoms with Gasteiger partial charge in [-0.2, -0.15) is 5.10 Å². The predicted octanol–water partition coefficient (Wildman–Crippen LogP) is 6.42. The summed E-state index contributed by atoms with van der Waals surface area (Å²) in [7, 11) is 3.40. The number of ether oxygens (including phenoxy) is 2. The van der Waals surface area contributed by atoms with Gasteiger partial charge in [-0.1, -0.05) is 72.8 Å². The van der Waals surface area contributed by atoms with Crippen LogP contribution in [0.15, 0.2) is 95.0 Å². The summed E-state index contributed by atoms with van der Waals surface area (Å²) in [5.41, 5.74) is 6.06. The number of benzene rings is 4. The Bertz CT molecular complexity index is 1450. The van der Waals surface area contributed by atoms with Gasteiger partial charge in [0.2, 0.25) is 5.96 Å². The smallest absolute Gasteiger partial charge is 0.212 e. The van der Waals surface area contributed by atoms with E-state index in [9.17, 15) is 0 Å². The molecule has 38 heavy (non-hydrogen) atoms. The SMILES string of the molecule is COc1ccc(/C=C/C(/C=C/c2ccc(OC)c3ccccc23)=NNC2=NCCCCN2)c2ccccc12. The molecule has 1 aliphatic heterocycles. The standard InChI is InChI=1S/C32H32N4O2/c1-37-30-19-15-23(26-9-3-5-11-28(26)30)13-17-25(35-36-32-33-21-7-8-22-34-32)18-14-24-16-20-31(38-2)29-12-6-4-10-27(24)29/h3-6,9-20H,7-8,21-22H2,1-2H3,(H2,33,34,36)/b17-13+,18-14+. The number of allylic oxidation sites excluding steroid dienone is 2. The highest BCUT2D eigenvalue weighted by atomic mass is 16.5. The van der Waals surface area contributed by atoms with Crippen LogP contribution < -0.4 is 20.2 Å². The molecule has 0 spiro atoms. The third-order valence-electron chi connectivity index (χ3n) is 6.58. The van der Waals surface area contributed by atoms with E-state index in [-0.39, 0.29) is 0 Å². The molecule has 2 N–H and O–H groups in total. The van der Waals surface area contributed by atoms with Gasteiger partial charge in [-0.05, 0) is 59.0 Å². The van der Waals surface area contributed by atoms with Gasteiger partial charge in [-0.25, -0.2) is 5.43 Å². The summed E-state index contributed by atoms with van der Waals surface area (Å²) >= 11 is 0. The van der Waals surface area contributed by atoms with Crippen LogP contribution in [0.5, 0.6) is 11.5 Å². The van der Waals surface area contributed by atoms with Crippen molar-refractivity contribution in [1.29, 1.82) is 0 Å². The summed E-state index contributed by atoms with van der Waals surface area (Å²) in [4.78, 5) is 4.56. The Labute approximate surface area is 223 Å². The normalized spacial score (nSPS) is 13.8. The largest absolute Gasteiger partial charge is 0.496 e. The number of hydrazone groups is 1. The molecule has 0 saturated heterocycles. The van der Waals surface area contributed by atoms with Crippen molar-refractivity contribution < 1.29 is 9.47 Å². The van der Waals surface area contributed by atoms with Crippen LogP contribution >= 0.6 is 0 Å². The molecule has 0 aromatic heterocycles. The Morgan fingerprint density at radius 2 is 1.32 bits per heavy atom. The van der Waals surface area contributed by atoms with E-state index in [1.807, 2.05) is 48.6 Å². The van der Waals surface area contributed by atoms with Gasteiger partial charge in [0.25, 0.3) is 0 Å². The Balaban J connectivity index is 1.50. The number of aliphatic imine (C=N–C) groups is 1. The monoisotopic (exact) mass is 504 g/mol. The molecule has 1 aliphatic rings. The molecule has 0 saturated carbocycles. The van der Waals surface area contributed by atoms with Crippen molar-refractivity contribution in [3.63, 3.8) is 0 Å². The minimum absolute atomic E-state index is 0.701. The predicted molar refractivity (Wildman–Crippen MR) is 159 cm³/mol. The summed E-state index contributed by atoms with van der Waals surface area (Å²) in [6.45, 7) is 1.68. The van der Waals surface area contributed by atoms with Crippen LogP contribution in [0.2, 0.25) is 0 Å². The lowest BCUT2D eigenvalue weighted by atomic mass is 10.0. The van der Waals surface area contributed by atoms with Crippen LogP contribution in [-0.4, -0.2) is 39.0 Å². The molecule has 1 heterocycles. The molecule has 6 heteroatoms. The number of hydrogen-bond donors (Lipinski definition) is 2. The van der Waals surface area contributed by atoms with E-state index in [2.05, 4.69) is 64.3 Å². The van der Waals surface area contributed by atoms with Crippen molar-refractivity contribution in [3.05, 3.63) is 96.1 Å². The zero-order chi connectivity index (χ0) is 26.2. The summed E-state index contributed by atoms with van der Waals surface area (Å²) in [6, 6.07) is 24.6. The van der Waals surface area contributed by atoms with E-state index < -0.39 is 0 Å². The first-order valence-corrected chi connectivity index (χ1v) is 12.9. The van der Waals surface area contributed by atoms with E-state index >= 15 is 0 Å². The third-order valence-corrected chi connectivity index (χ3v) is 6.58. The highest BCUT2D eigenvalue weighted by molar-refractivity contribution is 6.11. The van der Waals surface area contributed by atoms with E-state index in [4.69, 9.17) is 14.6 Å². The Morgan fingerprint density at radius 3 is 1.87 bits per heavy atom. The number of fused-ring (bicyclic) bond motifs is 2. The van der Waals surface area contributed by atoms with Crippen LogP contribution in [0, 0.1) is 0 Å². The Hall–Kier alpha value is -4.58. The molecule has 0 atom stereocenters. The quantitative estimate of drug-likeness (QED) is 0.225. The average molecular weight is 505 g/mol. The highest BCUT2D eigenvalue weighted by Crippen LogP contribution is 2.30. The molecule has 0 bridgehead atoms. The Morgan fingerprint density at radius 1 is 0.763 bits per heavy atom. The van der Waals surface area contributed by atoms with Gasteiger partial charge in [0.1, 0.15) is 11.5 Å². The summed E-state index contributed by atoms with van der Waals surface area (Å²) in [6.07, 6.45) is 10.4. The molecular formula is C32H32N4O2. The molecule has 4 aromatic carbocycles. The van der Waals surface area contributed by atoms with Crippen molar-refractivity contribution in [2.24, 2.45) is 10.1 Å². The van der Waals surface area contributed by atoms with E-state index in [1.54, 1.807) is 14.2 Å². The van der Waals surface area contributed by atoms with Crippen LogP contribution in [0.4, 0.5) is 0 Å². The number of nitrogens with one attached hydrogen (secondary N) is 2. The van der Waals surface area contributed by atoms with Crippen LogP contribution in [-0.2, 0) is 0 Å². The first-order valence-electron chi connectivity index (χ1n) is 12.9. The fraction of sp³-hybridized carbons (Fsp3) is 0.188. The maximum Gasteiger partial charge on any atom is 0.212 e. The van der Waals surface area contributed by atoms with Gasteiger partial charge < -0.3 is 14.8 Å². The maximum absolute atomic E-state index is 5.57. The summed E-state index contributed by atoms with van der Waals surface area (Å²) in [5, 5.41) is 12.4. The maximum atomic E-state index is 5.57. The van der Waals surface area contributed by atoms with Crippen LogP contribution in [0.1, 0.15) is 24.0 Å². The first kappa shape index (κ1) is 25.1. The van der Waals surface area contributed by atoms with E-state index in [0.717, 1.165) is 75.8 Å². The number of nitrogens with zero attached hydrogens (tertiary/aromatic N) is 2. The molecule has 0 unspecified atom stereocenters. The number of methoxy groups -OCH3 is 2. The van der Waals surface area contributed by atoms with Crippen LogP contribution in [0.3, 0.4) is 0 Å². The zero-order valence-corrected chi connectivity index (χ0v) is 21.8. The van der Waals surface area contributed by atoms with Gasteiger partial charge in [0.15, 0.2) is 0 Å². The van der Waals surface area contributed by atoms with Gasteiger partial charge in [-0.3, -0.25) is 4.99 Å². The molecular weight excluding hydrogens is 472 g/mol. The topological polar surface area (TPSA) is 67.2 Å². The Kier molecular flexibility index (Phi) is 7.99. The average Bonchev–Trinajstić information content (AvgIpc) is 3.25. The number of guanidine groups is 1. The molecule has 4 aromatic rings. The fourth-order valence-electron chi connectivity index (χ4n) is 4.60. The van der Waals surface area contributed by atoms with E-state index in [1.165, 1.54) is 0 Å². The lowest BCUT2D eigenvalue weighted by molar-refractivity contribution is 0.419. The second-order valence-corrected chi connectivity index (χ2v) is 8.98. The van der Waals surface area contributed by atoms with Gasteiger partial charge in [0.05, 0.1) is 19.9 Å². The molecule has 0 amide bonds. The van der Waals surface area contributed by atoms with Crippen LogP contribution in [0.25, 0.3) is 33.7 Å². The minimum Gasteiger partial charge on any atom is -0.496 e. The summed E-state index contributed by atoms with van der Waals surface area (Å²) < 4.78 is 11.1. The van der Waals surface area contributed by atoms with Gasteiger partial charge in [-0.15, -0.1) is 0 Å². The van der Waals surface area contributed by atoms with Gasteiger partial charge >= 0.3 is 0 Å². The number of rotatable bonds is 7. The van der Waals surface area contributed by atoms with Gasteiger partial charge in [0, 0.05) is 23.9 Å². The third kappa shape index (κ3) is 5.70. The second kappa shape index (κ2) is 12.1.